The number of aliphatic carboxylic acids is 1. The number of carbonyl (C=O) groups is 3. The smallest absolute Gasteiger partial charge is 0.328 e. The van der Waals surface area contributed by atoms with E-state index < -0.39 is 17.9 Å². The minimum Gasteiger partial charge on any atom is -0.478 e. The topological polar surface area (TPSA) is 99.6 Å². The summed E-state index contributed by atoms with van der Waals surface area (Å²) in [6, 6.07) is 2.62. The summed E-state index contributed by atoms with van der Waals surface area (Å²) in [7, 11) is 0. The second kappa shape index (κ2) is 6.90. The molecule has 1 aromatic heterocycles. The Morgan fingerprint density at radius 2 is 1.95 bits per heavy atom. The third kappa shape index (κ3) is 4.58. The van der Waals surface area contributed by atoms with Crippen LogP contribution in [0.25, 0.3) is 0 Å². The molecule has 0 unspecified atom stereocenters. The lowest BCUT2D eigenvalue weighted by Gasteiger charge is -2.20. The van der Waals surface area contributed by atoms with Crippen molar-refractivity contribution in [2.24, 2.45) is 0 Å². The Bertz CT molecular complexity index is 499. The highest BCUT2D eigenvalue weighted by Crippen LogP contribution is 2.11. The van der Waals surface area contributed by atoms with E-state index in [0.717, 1.165) is 6.08 Å². The van der Waals surface area contributed by atoms with Gasteiger partial charge in [0.2, 0.25) is 0 Å². The summed E-state index contributed by atoms with van der Waals surface area (Å²) in [4.78, 5) is 38.5. The summed E-state index contributed by atoms with van der Waals surface area (Å²) in [5.41, 5.74) is 0.588. The second-order valence-electron chi connectivity index (χ2n) is 3.42. The first-order chi connectivity index (χ1) is 9.04. The van der Waals surface area contributed by atoms with Crippen molar-refractivity contribution in [1.29, 1.82) is 0 Å². The van der Waals surface area contributed by atoms with Crippen LogP contribution in [0.15, 0.2) is 36.7 Å². The lowest BCUT2D eigenvalue weighted by molar-refractivity contribution is -0.131. The number of nitrogens with zero attached hydrogens (tertiary/aromatic N) is 2. The SMILES string of the molecule is CCN(C(=O)NC(=O)/C=C/C(=O)O)c1ccncc1. The van der Waals surface area contributed by atoms with Crippen LogP contribution in [0.4, 0.5) is 10.5 Å². The highest BCUT2D eigenvalue weighted by molar-refractivity contribution is 6.07. The molecular weight excluding hydrogens is 250 g/mol. The Morgan fingerprint density at radius 3 is 2.47 bits per heavy atom. The molecule has 0 bridgehead atoms. The average Bonchev–Trinajstić information content (AvgIpc) is 2.38. The number of rotatable bonds is 4. The molecule has 0 fully saturated rings. The second-order valence-corrected chi connectivity index (χ2v) is 3.42. The number of hydrogen-bond acceptors (Lipinski definition) is 4. The van der Waals surface area contributed by atoms with Crippen molar-refractivity contribution in [2.75, 3.05) is 11.4 Å². The maximum Gasteiger partial charge on any atom is 0.328 e. The van der Waals surface area contributed by atoms with Gasteiger partial charge in [0.05, 0.1) is 0 Å². The van der Waals surface area contributed by atoms with Crippen LogP contribution < -0.4 is 10.2 Å². The van der Waals surface area contributed by atoms with E-state index in [1.54, 1.807) is 19.1 Å². The average molecular weight is 263 g/mol. The number of pyridine rings is 1. The van der Waals surface area contributed by atoms with Crippen LogP contribution in [0, 0.1) is 0 Å². The number of amides is 3. The standard InChI is InChI=1S/C12H13N3O4/c1-2-15(9-5-7-13-8-6-9)12(19)14-10(16)3-4-11(17)18/h3-8H,2H2,1H3,(H,17,18)(H,14,16,19)/b4-3+. The van der Waals surface area contributed by atoms with Crippen molar-refractivity contribution in [3.63, 3.8) is 0 Å². The number of carboxylic acids is 1. The van der Waals surface area contributed by atoms with Gasteiger partial charge < -0.3 is 5.11 Å². The molecule has 19 heavy (non-hydrogen) atoms. The summed E-state index contributed by atoms with van der Waals surface area (Å²) < 4.78 is 0. The lowest BCUT2D eigenvalue weighted by Crippen LogP contribution is -2.42. The summed E-state index contributed by atoms with van der Waals surface area (Å²) in [6.07, 6.45) is 4.49. The van der Waals surface area contributed by atoms with Crippen molar-refractivity contribution in [3.8, 4) is 0 Å². The fourth-order valence-corrected chi connectivity index (χ4v) is 1.33. The molecule has 0 aliphatic heterocycles. The van der Waals surface area contributed by atoms with Gasteiger partial charge in [0, 0.05) is 36.8 Å². The molecule has 7 nitrogen and oxygen atoms in total. The molecule has 1 heterocycles. The first-order valence-corrected chi connectivity index (χ1v) is 5.48. The molecule has 0 spiro atoms. The number of aromatic nitrogens is 1. The van der Waals surface area contributed by atoms with E-state index in [9.17, 15) is 14.4 Å². The third-order valence-electron chi connectivity index (χ3n) is 2.14. The van der Waals surface area contributed by atoms with Gasteiger partial charge in [0.15, 0.2) is 0 Å². The van der Waals surface area contributed by atoms with Crippen LogP contribution in [0.2, 0.25) is 0 Å². The van der Waals surface area contributed by atoms with Gasteiger partial charge in [-0.25, -0.2) is 9.59 Å². The van der Waals surface area contributed by atoms with Crippen LogP contribution in [-0.2, 0) is 9.59 Å². The molecule has 3 amide bonds. The molecule has 0 aliphatic rings. The highest BCUT2D eigenvalue weighted by Gasteiger charge is 2.15. The van der Waals surface area contributed by atoms with E-state index in [1.165, 1.54) is 17.3 Å². The van der Waals surface area contributed by atoms with Crippen LogP contribution in [0.1, 0.15) is 6.92 Å². The van der Waals surface area contributed by atoms with Gasteiger partial charge in [-0.3, -0.25) is 20.0 Å². The van der Waals surface area contributed by atoms with Crippen LogP contribution in [0.3, 0.4) is 0 Å². The van der Waals surface area contributed by atoms with Gasteiger partial charge >= 0.3 is 12.0 Å². The number of anilines is 1. The first kappa shape index (κ1) is 14.4. The van der Waals surface area contributed by atoms with Crippen molar-refractivity contribution in [1.82, 2.24) is 10.3 Å². The van der Waals surface area contributed by atoms with E-state index >= 15 is 0 Å². The van der Waals surface area contributed by atoms with Crippen molar-refractivity contribution in [2.45, 2.75) is 6.92 Å². The minimum absolute atomic E-state index is 0.353. The number of urea groups is 1. The van der Waals surface area contributed by atoms with E-state index in [-0.39, 0.29) is 0 Å². The number of hydrogen-bond donors (Lipinski definition) is 2. The number of imide groups is 1. The predicted molar refractivity (Wildman–Crippen MR) is 67.6 cm³/mol. The van der Waals surface area contributed by atoms with Gasteiger partial charge in [0.1, 0.15) is 0 Å². The summed E-state index contributed by atoms with van der Waals surface area (Å²) in [5, 5.41) is 10.4. The van der Waals surface area contributed by atoms with Gasteiger partial charge in [-0.1, -0.05) is 0 Å². The van der Waals surface area contributed by atoms with Crippen LogP contribution in [0.5, 0.6) is 0 Å². The number of carboxylic acid groups (broad SMARTS) is 1. The van der Waals surface area contributed by atoms with Gasteiger partial charge in [-0.2, -0.15) is 0 Å². The van der Waals surface area contributed by atoms with E-state index in [0.29, 0.717) is 18.3 Å². The molecule has 2 N–H and O–H groups in total. The lowest BCUT2D eigenvalue weighted by atomic mass is 10.3. The number of carbonyl (C=O) groups excluding carboxylic acids is 2. The highest BCUT2D eigenvalue weighted by atomic mass is 16.4. The molecule has 0 saturated heterocycles. The van der Waals surface area contributed by atoms with Crippen LogP contribution in [-0.4, -0.2) is 34.5 Å². The van der Waals surface area contributed by atoms with Gasteiger partial charge in [0.25, 0.3) is 5.91 Å². The maximum absolute atomic E-state index is 11.8. The Labute approximate surface area is 109 Å². The molecule has 0 aliphatic carbocycles. The molecule has 0 aromatic carbocycles. The van der Waals surface area contributed by atoms with E-state index in [1.807, 2.05) is 0 Å². The quantitative estimate of drug-likeness (QED) is 0.782. The summed E-state index contributed by atoms with van der Waals surface area (Å²) >= 11 is 0. The Hall–Kier alpha value is -2.70. The van der Waals surface area contributed by atoms with Crippen molar-refractivity contribution in [3.05, 3.63) is 36.7 Å². The maximum atomic E-state index is 11.8. The molecular formula is C12H13N3O4. The zero-order chi connectivity index (χ0) is 14.3. The largest absolute Gasteiger partial charge is 0.478 e. The Kier molecular flexibility index (Phi) is 5.21. The fourth-order valence-electron chi connectivity index (χ4n) is 1.33. The Morgan fingerprint density at radius 1 is 1.32 bits per heavy atom. The molecule has 100 valence electrons. The molecule has 0 radical (unpaired) electrons. The van der Waals surface area contributed by atoms with Gasteiger partial charge in [-0.15, -0.1) is 0 Å². The van der Waals surface area contributed by atoms with Gasteiger partial charge in [-0.05, 0) is 19.1 Å². The van der Waals surface area contributed by atoms with Crippen molar-refractivity contribution >= 4 is 23.6 Å². The number of nitrogens with one attached hydrogen (secondary N) is 1. The third-order valence-corrected chi connectivity index (χ3v) is 2.14. The molecule has 0 saturated carbocycles. The zero-order valence-electron chi connectivity index (χ0n) is 10.2. The minimum atomic E-state index is -1.26. The van der Waals surface area contributed by atoms with E-state index in [2.05, 4.69) is 10.3 Å². The van der Waals surface area contributed by atoms with E-state index in [4.69, 9.17) is 5.11 Å². The molecule has 1 rings (SSSR count). The monoisotopic (exact) mass is 263 g/mol. The summed E-state index contributed by atoms with van der Waals surface area (Å²) in [6.45, 7) is 2.10. The zero-order valence-corrected chi connectivity index (χ0v) is 10.2. The van der Waals surface area contributed by atoms with Crippen LogP contribution >= 0.6 is 0 Å². The molecule has 7 heteroatoms. The molecule has 1 aromatic rings. The predicted octanol–water partition coefficient (Wildman–Crippen LogP) is 0.785. The fraction of sp³-hybridized carbons (Fsp3) is 0.167. The normalized spacial score (nSPS) is 10.2. The Balaban J connectivity index is 2.70. The molecule has 0 atom stereocenters. The summed E-state index contributed by atoms with van der Waals surface area (Å²) in [5.74, 6) is -2.05. The van der Waals surface area contributed by atoms with Crippen molar-refractivity contribution < 1.29 is 19.5 Å². The first-order valence-electron chi connectivity index (χ1n) is 5.48.